The fourth-order valence-corrected chi connectivity index (χ4v) is 3.48. The summed E-state index contributed by atoms with van der Waals surface area (Å²) in [5, 5.41) is 3.81. The van der Waals surface area contributed by atoms with E-state index < -0.39 is 0 Å². The number of anilines is 1. The van der Waals surface area contributed by atoms with Gasteiger partial charge in [0.15, 0.2) is 11.6 Å². The molecule has 1 N–H and O–H groups in total. The molecule has 94 valence electrons. The first-order valence-electron chi connectivity index (χ1n) is 5.81. The molecule has 0 amide bonds. The van der Waals surface area contributed by atoms with Crippen molar-refractivity contribution in [3.8, 4) is 0 Å². The fourth-order valence-electron chi connectivity index (χ4n) is 2.24. The molecule has 0 spiro atoms. The van der Waals surface area contributed by atoms with E-state index in [-0.39, 0.29) is 5.82 Å². The van der Waals surface area contributed by atoms with Gasteiger partial charge in [-0.2, -0.15) is 11.8 Å². The van der Waals surface area contributed by atoms with Crippen molar-refractivity contribution in [3.05, 3.63) is 22.6 Å². The molecule has 0 bridgehead atoms. The van der Waals surface area contributed by atoms with Gasteiger partial charge in [0.1, 0.15) is 0 Å². The molecular weight excluding hydrogens is 303 g/mol. The van der Waals surface area contributed by atoms with Gasteiger partial charge in [0.05, 0.1) is 0 Å². The van der Waals surface area contributed by atoms with Crippen LogP contribution in [0.3, 0.4) is 0 Å². The molecule has 1 heterocycles. The van der Waals surface area contributed by atoms with Crippen LogP contribution in [0.2, 0.25) is 0 Å². The topological polar surface area (TPSA) is 24.9 Å². The Morgan fingerprint density at radius 3 is 2.94 bits per heavy atom. The summed E-state index contributed by atoms with van der Waals surface area (Å²) in [6, 6.07) is 1.79. The van der Waals surface area contributed by atoms with Crippen LogP contribution in [0, 0.1) is 5.82 Å². The first-order chi connectivity index (χ1) is 8.20. The molecule has 1 aliphatic carbocycles. The monoisotopic (exact) mass is 318 g/mol. The number of thioether (sulfide) groups is 1. The Hall–Kier alpha value is -0.290. The van der Waals surface area contributed by atoms with Crippen LogP contribution in [-0.2, 0) is 0 Å². The highest BCUT2D eigenvalue weighted by molar-refractivity contribution is 9.10. The van der Waals surface area contributed by atoms with E-state index in [1.165, 1.54) is 25.3 Å². The molecule has 0 aromatic carbocycles. The van der Waals surface area contributed by atoms with E-state index >= 15 is 0 Å². The lowest BCUT2D eigenvalue weighted by Crippen LogP contribution is -2.34. The Kier molecular flexibility index (Phi) is 4.68. The van der Waals surface area contributed by atoms with Gasteiger partial charge in [-0.1, -0.05) is 12.8 Å². The highest BCUT2D eigenvalue weighted by Gasteiger charge is 2.25. The number of halogens is 2. The minimum Gasteiger partial charge on any atom is -0.364 e. The number of nitrogens with zero attached hydrogens (tertiary/aromatic N) is 1. The molecule has 0 saturated heterocycles. The molecule has 2 nitrogen and oxygen atoms in total. The number of aromatic nitrogens is 1. The lowest BCUT2D eigenvalue weighted by molar-refractivity contribution is 0.471. The van der Waals surface area contributed by atoms with Crippen molar-refractivity contribution in [1.29, 1.82) is 0 Å². The van der Waals surface area contributed by atoms with Crippen LogP contribution in [-0.4, -0.2) is 22.5 Å². The second-order valence-electron chi connectivity index (χ2n) is 4.29. The molecule has 0 aliphatic heterocycles. The summed E-state index contributed by atoms with van der Waals surface area (Å²) >= 11 is 5.07. The number of hydrogen-bond acceptors (Lipinski definition) is 3. The van der Waals surface area contributed by atoms with Crippen LogP contribution in [0.15, 0.2) is 16.7 Å². The van der Waals surface area contributed by atoms with Crippen LogP contribution in [0.4, 0.5) is 10.2 Å². The van der Waals surface area contributed by atoms with Gasteiger partial charge < -0.3 is 5.32 Å². The Morgan fingerprint density at radius 2 is 2.24 bits per heavy atom. The zero-order valence-corrected chi connectivity index (χ0v) is 12.2. The molecule has 17 heavy (non-hydrogen) atoms. The normalized spacial score (nSPS) is 24.6. The molecule has 1 aliphatic rings. The van der Waals surface area contributed by atoms with Crippen molar-refractivity contribution in [2.75, 3.05) is 11.6 Å². The second kappa shape index (κ2) is 6.05. The van der Waals surface area contributed by atoms with E-state index in [0.717, 1.165) is 6.42 Å². The van der Waals surface area contributed by atoms with Gasteiger partial charge in [-0.15, -0.1) is 0 Å². The van der Waals surface area contributed by atoms with Gasteiger partial charge in [0.2, 0.25) is 0 Å². The van der Waals surface area contributed by atoms with Crippen molar-refractivity contribution in [2.24, 2.45) is 0 Å². The molecule has 0 radical (unpaired) electrons. The van der Waals surface area contributed by atoms with Gasteiger partial charge >= 0.3 is 0 Å². The maximum absolute atomic E-state index is 13.7. The number of pyridine rings is 1. The zero-order chi connectivity index (χ0) is 12.3. The van der Waals surface area contributed by atoms with Gasteiger partial charge in [-0.25, -0.2) is 9.37 Å². The molecule has 2 atom stereocenters. The highest BCUT2D eigenvalue weighted by atomic mass is 79.9. The van der Waals surface area contributed by atoms with Crippen molar-refractivity contribution in [3.63, 3.8) is 0 Å². The Bertz CT molecular complexity index is 389. The zero-order valence-electron chi connectivity index (χ0n) is 9.75. The van der Waals surface area contributed by atoms with Crippen LogP contribution < -0.4 is 5.32 Å². The minimum atomic E-state index is -0.287. The molecule has 2 rings (SSSR count). The molecule has 1 aromatic heterocycles. The quantitative estimate of drug-likeness (QED) is 0.909. The summed E-state index contributed by atoms with van der Waals surface area (Å²) in [6.45, 7) is 0. The third kappa shape index (κ3) is 3.35. The van der Waals surface area contributed by atoms with Crippen LogP contribution in [0.1, 0.15) is 25.7 Å². The Labute approximate surface area is 114 Å². The molecule has 5 heteroatoms. The van der Waals surface area contributed by atoms with E-state index in [2.05, 4.69) is 32.5 Å². The van der Waals surface area contributed by atoms with Crippen molar-refractivity contribution in [1.82, 2.24) is 4.98 Å². The highest BCUT2D eigenvalue weighted by Crippen LogP contribution is 2.29. The van der Waals surface area contributed by atoms with Gasteiger partial charge in [0, 0.05) is 22.0 Å². The van der Waals surface area contributed by atoms with E-state index in [9.17, 15) is 4.39 Å². The van der Waals surface area contributed by atoms with Crippen LogP contribution >= 0.6 is 27.7 Å². The molecule has 1 saturated carbocycles. The predicted octanol–water partition coefficient (Wildman–Crippen LogP) is 4.07. The largest absolute Gasteiger partial charge is 0.364 e. The number of rotatable bonds is 3. The molecule has 2 unspecified atom stereocenters. The summed E-state index contributed by atoms with van der Waals surface area (Å²) in [4.78, 5) is 4.10. The SMILES string of the molecule is CSC1CCCCC1Nc1ncc(Br)cc1F. The smallest absolute Gasteiger partial charge is 0.166 e. The lowest BCUT2D eigenvalue weighted by Gasteiger charge is -2.31. The fraction of sp³-hybridized carbons (Fsp3) is 0.583. The minimum absolute atomic E-state index is 0.287. The first-order valence-corrected chi connectivity index (χ1v) is 7.89. The Morgan fingerprint density at radius 1 is 1.47 bits per heavy atom. The van der Waals surface area contributed by atoms with E-state index in [1.54, 1.807) is 6.20 Å². The molecule has 1 aromatic rings. The predicted molar refractivity (Wildman–Crippen MR) is 75.1 cm³/mol. The lowest BCUT2D eigenvalue weighted by atomic mass is 9.95. The standard InChI is InChI=1S/C12H16BrFN2S/c1-17-11-5-3-2-4-10(11)16-12-9(14)6-8(13)7-15-12/h6-7,10-11H,2-5H2,1H3,(H,15,16). The van der Waals surface area contributed by atoms with Gasteiger partial charge in [-0.3, -0.25) is 0 Å². The summed E-state index contributed by atoms with van der Waals surface area (Å²) in [6.07, 6.45) is 8.55. The summed E-state index contributed by atoms with van der Waals surface area (Å²) in [5.74, 6) is 0.0870. The summed E-state index contributed by atoms with van der Waals surface area (Å²) < 4.78 is 14.3. The van der Waals surface area contributed by atoms with E-state index in [0.29, 0.717) is 21.6 Å². The average molecular weight is 319 g/mol. The third-order valence-electron chi connectivity index (χ3n) is 3.14. The maximum Gasteiger partial charge on any atom is 0.166 e. The van der Waals surface area contributed by atoms with Gasteiger partial charge in [-0.05, 0) is 41.1 Å². The van der Waals surface area contributed by atoms with Crippen LogP contribution in [0.5, 0.6) is 0 Å². The summed E-state index contributed by atoms with van der Waals surface area (Å²) in [5.41, 5.74) is 0. The first kappa shape index (κ1) is 13.1. The average Bonchev–Trinajstić information content (AvgIpc) is 2.33. The number of hydrogen-bond donors (Lipinski definition) is 1. The summed E-state index contributed by atoms with van der Waals surface area (Å²) in [7, 11) is 0. The second-order valence-corrected chi connectivity index (χ2v) is 6.29. The Balaban J connectivity index is 2.08. The van der Waals surface area contributed by atoms with Crippen molar-refractivity contribution >= 4 is 33.5 Å². The maximum atomic E-state index is 13.7. The van der Waals surface area contributed by atoms with Crippen LogP contribution in [0.25, 0.3) is 0 Å². The van der Waals surface area contributed by atoms with Gasteiger partial charge in [0.25, 0.3) is 0 Å². The molecule has 1 fully saturated rings. The van der Waals surface area contributed by atoms with E-state index in [4.69, 9.17) is 0 Å². The third-order valence-corrected chi connectivity index (χ3v) is 4.74. The van der Waals surface area contributed by atoms with Crippen molar-refractivity contribution < 1.29 is 4.39 Å². The van der Waals surface area contributed by atoms with Crippen molar-refractivity contribution in [2.45, 2.75) is 37.0 Å². The molecular formula is C12H16BrFN2S. The van der Waals surface area contributed by atoms with E-state index in [1.807, 2.05) is 11.8 Å². The number of nitrogens with one attached hydrogen (secondary N) is 1.